The third kappa shape index (κ3) is 5.02. The molecule has 3 heteroatoms. The first-order valence-electron chi connectivity index (χ1n) is 7.02. The Balaban J connectivity index is 4.46. The summed E-state index contributed by atoms with van der Waals surface area (Å²) in [7, 11) is -2.88. The highest BCUT2D eigenvalue weighted by molar-refractivity contribution is 6.84. The van der Waals surface area contributed by atoms with Gasteiger partial charge in [0.2, 0.25) is 0 Å². The first-order chi connectivity index (χ1) is 7.71. The normalized spacial score (nSPS) is 15.4. The number of rotatable bonds is 4. The van der Waals surface area contributed by atoms with E-state index in [1.807, 2.05) is 0 Å². The molecule has 0 amide bonds. The van der Waals surface area contributed by atoms with E-state index in [-0.39, 0.29) is 0 Å². The molecule has 0 aliphatic heterocycles. The van der Waals surface area contributed by atoms with Crippen molar-refractivity contribution >= 4 is 16.4 Å². The lowest BCUT2D eigenvalue weighted by molar-refractivity contribution is 0.328. The molecule has 1 nitrogen and oxygen atoms in total. The first kappa shape index (κ1) is 18.1. The molecule has 0 saturated carbocycles. The second kappa shape index (κ2) is 5.63. The summed E-state index contributed by atoms with van der Waals surface area (Å²) >= 11 is 0. The molecule has 0 aromatic rings. The molecule has 0 spiro atoms. The molecule has 0 atom stereocenters. The van der Waals surface area contributed by atoms with Crippen LogP contribution in [0.25, 0.3) is 0 Å². The molecule has 0 aliphatic carbocycles. The fourth-order valence-corrected chi connectivity index (χ4v) is 3.20. The van der Waals surface area contributed by atoms with Gasteiger partial charge in [-0.3, -0.25) is 0 Å². The van der Waals surface area contributed by atoms with Crippen LogP contribution >= 0.6 is 0 Å². The maximum Gasteiger partial charge on any atom is 0.192 e. The van der Waals surface area contributed by atoms with E-state index in [9.17, 15) is 0 Å². The lowest BCUT2D eigenvalue weighted by Crippen LogP contribution is -2.41. The van der Waals surface area contributed by atoms with Crippen LogP contribution in [0.1, 0.15) is 41.5 Å². The van der Waals surface area contributed by atoms with Crippen LogP contribution < -0.4 is 0 Å². The quantitative estimate of drug-likeness (QED) is 0.610. The Kier molecular flexibility index (Phi) is 5.68. The first-order valence-corrected chi connectivity index (χ1v) is 13.0. The van der Waals surface area contributed by atoms with E-state index in [2.05, 4.69) is 79.5 Å². The molecule has 0 radical (unpaired) electrons. The van der Waals surface area contributed by atoms with E-state index >= 15 is 0 Å². The summed E-state index contributed by atoms with van der Waals surface area (Å²) in [6, 6.07) is 0. The third-order valence-corrected chi connectivity index (χ3v) is 14.2. The van der Waals surface area contributed by atoms with Gasteiger partial charge in [0, 0.05) is 0 Å². The minimum absolute atomic E-state index is 0.303. The fourth-order valence-electron chi connectivity index (χ4n) is 1.07. The van der Waals surface area contributed by atoms with Crippen molar-refractivity contribution in [3.8, 4) is 0 Å². The van der Waals surface area contributed by atoms with E-state index in [0.717, 1.165) is 6.61 Å². The lowest BCUT2D eigenvalue weighted by atomic mass is 10.2. The molecule has 108 valence electrons. The van der Waals surface area contributed by atoms with Crippen LogP contribution in [0.2, 0.25) is 36.3 Å². The van der Waals surface area contributed by atoms with Gasteiger partial charge < -0.3 is 4.43 Å². The average Bonchev–Trinajstić information content (AvgIpc) is 2.08. The van der Waals surface area contributed by atoms with Gasteiger partial charge in [0.25, 0.3) is 0 Å². The van der Waals surface area contributed by atoms with Crippen molar-refractivity contribution in [2.24, 2.45) is 0 Å². The Hall–Kier alpha value is 0.134. The summed E-state index contributed by atoms with van der Waals surface area (Å²) in [6.45, 7) is 24.2. The van der Waals surface area contributed by atoms with Crippen LogP contribution in [-0.4, -0.2) is 23.0 Å². The van der Waals surface area contributed by atoms with Gasteiger partial charge in [0.1, 0.15) is 0 Å². The van der Waals surface area contributed by atoms with Gasteiger partial charge in [-0.2, -0.15) is 0 Å². The van der Waals surface area contributed by atoms with Gasteiger partial charge in [0.05, 0.1) is 14.7 Å². The molecular weight excluding hydrogens is 252 g/mol. The molecule has 0 fully saturated rings. The monoisotopic (exact) mass is 286 g/mol. The van der Waals surface area contributed by atoms with E-state index in [0.29, 0.717) is 10.1 Å². The zero-order valence-corrected chi connectivity index (χ0v) is 16.3. The van der Waals surface area contributed by atoms with E-state index < -0.39 is 16.4 Å². The molecule has 18 heavy (non-hydrogen) atoms. The van der Waals surface area contributed by atoms with Crippen molar-refractivity contribution in [2.45, 2.75) is 77.8 Å². The molecule has 0 bridgehead atoms. The summed E-state index contributed by atoms with van der Waals surface area (Å²) in [6.07, 6.45) is 2.26. The zero-order valence-electron chi connectivity index (χ0n) is 14.3. The topological polar surface area (TPSA) is 9.23 Å². The minimum atomic E-state index is -1.58. The molecule has 0 aromatic heterocycles. The third-order valence-electron chi connectivity index (χ3n) is 4.81. The Labute approximate surface area is 117 Å². The van der Waals surface area contributed by atoms with Crippen LogP contribution in [0.4, 0.5) is 0 Å². The Morgan fingerprint density at radius 1 is 0.833 bits per heavy atom. The van der Waals surface area contributed by atoms with Gasteiger partial charge >= 0.3 is 0 Å². The standard InChI is InChI=1S/C15H34OSi2/c1-14(2,3)17(7,8)13-11-12-16-18(9,10)15(4,5)6/h11,13H,12H2,1-10H3/b13-11+. The van der Waals surface area contributed by atoms with Crippen molar-refractivity contribution in [3.05, 3.63) is 11.8 Å². The van der Waals surface area contributed by atoms with Gasteiger partial charge in [-0.1, -0.05) is 66.4 Å². The molecule has 0 rings (SSSR count). The largest absolute Gasteiger partial charge is 0.413 e. The molecule has 0 N–H and O–H groups in total. The van der Waals surface area contributed by atoms with E-state index in [1.54, 1.807) is 0 Å². The van der Waals surface area contributed by atoms with Gasteiger partial charge in [-0.25, -0.2) is 0 Å². The van der Waals surface area contributed by atoms with Crippen molar-refractivity contribution < 1.29 is 4.43 Å². The summed E-state index contributed by atoms with van der Waals surface area (Å²) in [5, 5.41) is 0.721. The van der Waals surface area contributed by atoms with Crippen LogP contribution in [-0.2, 0) is 4.43 Å². The zero-order chi connectivity index (χ0) is 14.8. The molecule has 0 heterocycles. The Morgan fingerprint density at radius 2 is 1.28 bits per heavy atom. The van der Waals surface area contributed by atoms with Crippen molar-refractivity contribution in [3.63, 3.8) is 0 Å². The molecule has 0 aliphatic rings. The summed E-state index contributed by atoms with van der Waals surface area (Å²) < 4.78 is 6.18. The van der Waals surface area contributed by atoms with E-state index in [1.165, 1.54) is 0 Å². The maximum atomic E-state index is 6.18. The van der Waals surface area contributed by atoms with Gasteiger partial charge in [-0.05, 0) is 23.2 Å². The SMILES string of the molecule is CC(C)(C)[Si](C)(C)/C=C/CO[Si](C)(C)C(C)(C)C. The van der Waals surface area contributed by atoms with Gasteiger partial charge in [0.15, 0.2) is 8.32 Å². The highest BCUT2D eigenvalue weighted by Crippen LogP contribution is 2.38. The summed E-state index contributed by atoms with van der Waals surface area (Å²) in [5.41, 5.74) is 2.44. The number of hydrogen-bond acceptors (Lipinski definition) is 1. The number of hydrogen-bond donors (Lipinski definition) is 0. The maximum absolute atomic E-state index is 6.18. The fraction of sp³-hybridized carbons (Fsp3) is 0.867. The molecule has 0 saturated heterocycles. The summed E-state index contributed by atoms with van der Waals surface area (Å²) in [4.78, 5) is 0. The predicted molar refractivity (Wildman–Crippen MR) is 89.5 cm³/mol. The van der Waals surface area contributed by atoms with Crippen molar-refractivity contribution in [1.29, 1.82) is 0 Å². The molecule has 0 unspecified atom stereocenters. The second-order valence-electron chi connectivity index (χ2n) is 8.45. The Bertz CT molecular complexity index is 291. The van der Waals surface area contributed by atoms with Crippen molar-refractivity contribution in [1.82, 2.24) is 0 Å². The average molecular weight is 287 g/mol. The second-order valence-corrected chi connectivity index (χ2v) is 18.5. The van der Waals surface area contributed by atoms with Crippen molar-refractivity contribution in [2.75, 3.05) is 6.61 Å². The van der Waals surface area contributed by atoms with E-state index in [4.69, 9.17) is 4.43 Å². The van der Waals surface area contributed by atoms with Crippen LogP contribution in [0.15, 0.2) is 11.8 Å². The van der Waals surface area contributed by atoms with Crippen LogP contribution in [0.5, 0.6) is 0 Å². The molecule has 0 aromatic carbocycles. The predicted octanol–water partition coefficient (Wildman–Crippen LogP) is 5.61. The molecular formula is C15H34OSi2. The minimum Gasteiger partial charge on any atom is -0.413 e. The highest BCUT2D eigenvalue weighted by atomic mass is 28.4. The smallest absolute Gasteiger partial charge is 0.192 e. The highest BCUT2D eigenvalue weighted by Gasteiger charge is 2.37. The lowest BCUT2D eigenvalue weighted by Gasteiger charge is -2.36. The summed E-state index contributed by atoms with van der Waals surface area (Å²) in [5.74, 6) is 0. The van der Waals surface area contributed by atoms with Gasteiger partial charge in [-0.15, -0.1) is 0 Å². The van der Waals surface area contributed by atoms with Crippen LogP contribution in [0.3, 0.4) is 0 Å². The van der Waals surface area contributed by atoms with Crippen LogP contribution in [0, 0.1) is 0 Å². The Morgan fingerprint density at radius 3 is 1.61 bits per heavy atom.